The number of methoxy groups -OCH3 is 1. The summed E-state index contributed by atoms with van der Waals surface area (Å²) in [7, 11) is 2.78. The van der Waals surface area contributed by atoms with E-state index < -0.39 is 14.0 Å². The Morgan fingerprint density at radius 1 is 1.48 bits per heavy atom. The third kappa shape index (κ3) is 3.50. The minimum absolute atomic E-state index is 0.0943. The summed E-state index contributed by atoms with van der Waals surface area (Å²) < 4.78 is 28.7. The zero-order valence-corrected chi connectivity index (χ0v) is 12.3. The lowest BCUT2D eigenvalue weighted by atomic mass is 10.2. The van der Waals surface area contributed by atoms with E-state index in [1.165, 1.54) is 36.2 Å². The lowest BCUT2D eigenvalue weighted by molar-refractivity contribution is -0.384. The van der Waals surface area contributed by atoms with Crippen LogP contribution in [0.3, 0.4) is 0 Å². The van der Waals surface area contributed by atoms with Crippen molar-refractivity contribution in [3.05, 3.63) is 46.3 Å². The molecule has 0 amide bonds. The third-order valence-corrected chi connectivity index (χ3v) is 4.01. The van der Waals surface area contributed by atoms with E-state index in [1.807, 2.05) is 0 Å². The molecular weight excluding hydrogens is 322 g/mol. The lowest BCUT2D eigenvalue weighted by Crippen LogP contribution is -2.03. The second kappa shape index (κ2) is 5.70. The van der Waals surface area contributed by atoms with E-state index >= 15 is 0 Å². The highest BCUT2D eigenvalue weighted by molar-refractivity contribution is 8.13. The smallest absolute Gasteiger partial charge is 0.270 e. The number of benzene rings is 1. The highest BCUT2D eigenvalue weighted by atomic mass is 35.7. The van der Waals surface area contributed by atoms with Gasteiger partial charge in [-0.2, -0.15) is 5.10 Å². The number of halogens is 1. The normalized spacial score (nSPS) is 11.3. The molecule has 0 atom stereocenters. The molecule has 0 bridgehead atoms. The van der Waals surface area contributed by atoms with Gasteiger partial charge in [-0.3, -0.25) is 14.8 Å². The van der Waals surface area contributed by atoms with E-state index in [1.54, 1.807) is 0 Å². The molecule has 21 heavy (non-hydrogen) atoms. The number of non-ortho nitro benzene ring substituents is 1. The second-order valence-corrected chi connectivity index (χ2v) is 6.63. The second-order valence-electron chi connectivity index (χ2n) is 4.06. The quantitative estimate of drug-likeness (QED) is 0.470. The van der Waals surface area contributed by atoms with Crippen molar-refractivity contribution in [1.29, 1.82) is 0 Å². The van der Waals surface area contributed by atoms with Gasteiger partial charge < -0.3 is 4.74 Å². The lowest BCUT2D eigenvalue weighted by Gasteiger charge is -2.08. The van der Waals surface area contributed by atoms with Gasteiger partial charge in [-0.1, -0.05) is 0 Å². The van der Waals surface area contributed by atoms with Gasteiger partial charge in [-0.15, -0.1) is 0 Å². The number of nitro benzene ring substituents is 1. The van der Waals surface area contributed by atoms with Gasteiger partial charge in [-0.05, 0) is 6.07 Å². The molecule has 0 spiro atoms. The molecule has 1 heterocycles. The first-order chi connectivity index (χ1) is 9.81. The maximum Gasteiger partial charge on any atom is 0.270 e. The molecule has 2 rings (SSSR count). The maximum absolute atomic E-state index is 11.2. The van der Waals surface area contributed by atoms with Gasteiger partial charge in [0.1, 0.15) is 10.6 Å². The molecule has 1 aromatic carbocycles. The van der Waals surface area contributed by atoms with Crippen LogP contribution >= 0.6 is 10.7 Å². The summed E-state index contributed by atoms with van der Waals surface area (Å²) in [5.41, 5.74) is 0.400. The number of rotatable bonds is 5. The van der Waals surface area contributed by atoms with Gasteiger partial charge in [0.05, 0.1) is 24.8 Å². The molecule has 2 aromatic rings. The van der Waals surface area contributed by atoms with Crippen LogP contribution in [0.1, 0.15) is 5.56 Å². The Morgan fingerprint density at radius 3 is 2.71 bits per heavy atom. The van der Waals surface area contributed by atoms with Crippen LogP contribution in [0.5, 0.6) is 5.75 Å². The Morgan fingerprint density at radius 2 is 2.19 bits per heavy atom. The first-order valence-electron chi connectivity index (χ1n) is 5.59. The first kappa shape index (κ1) is 15.3. The van der Waals surface area contributed by atoms with Crippen LogP contribution < -0.4 is 4.74 Å². The molecule has 1 aromatic heterocycles. The summed E-state index contributed by atoms with van der Waals surface area (Å²) in [6.45, 7) is 0.108. The Labute approximate surface area is 124 Å². The molecule has 0 N–H and O–H groups in total. The van der Waals surface area contributed by atoms with Crippen LogP contribution in [-0.4, -0.2) is 30.2 Å². The minimum atomic E-state index is -3.86. The highest BCUT2D eigenvalue weighted by Gasteiger charge is 2.15. The van der Waals surface area contributed by atoms with E-state index in [-0.39, 0.29) is 17.1 Å². The number of hydrogen-bond acceptors (Lipinski definition) is 6. The molecule has 0 unspecified atom stereocenters. The summed E-state index contributed by atoms with van der Waals surface area (Å²) >= 11 is 0. The van der Waals surface area contributed by atoms with Crippen LogP contribution in [0.15, 0.2) is 35.5 Å². The van der Waals surface area contributed by atoms with Crippen LogP contribution in [0, 0.1) is 10.1 Å². The predicted molar refractivity (Wildman–Crippen MR) is 74.0 cm³/mol. The largest absolute Gasteiger partial charge is 0.496 e. The summed E-state index contributed by atoms with van der Waals surface area (Å²) in [4.78, 5) is 10.1. The molecule has 0 radical (unpaired) electrons. The van der Waals surface area contributed by atoms with Gasteiger partial charge in [0.25, 0.3) is 14.7 Å². The van der Waals surface area contributed by atoms with Gasteiger partial charge in [0.2, 0.25) is 0 Å². The highest BCUT2D eigenvalue weighted by Crippen LogP contribution is 2.25. The molecule has 0 aliphatic rings. The molecule has 8 nitrogen and oxygen atoms in total. The minimum Gasteiger partial charge on any atom is -0.496 e. The molecular formula is C11H10ClN3O5S. The van der Waals surface area contributed by atoms with Crippen LogP contribution in [0.4, 0.5) is 5.69 Å². The van der Waals surface area contributed by atoms with Crippen molar-refractivity contribution in [2.24, 2.45) is 0 Å². The van der Waals surface area contributed by atoms with Crippen molar-refractivity contribution >= 4 is 25.4 Å². The topological polar surface area (TPSA) is 104 Å². The standard InChI is InChI=1S/C11H10ClN3O5S/c1-20-11-3-2-9(15(16)17)4-8(11)6-14-7-10(5-13-14)21(12,18)19/h2-5,7H,6H2,1H3. The fourth-order valence-electron chi connectivity index (χ4n) is 1.73. The van der Waals surface area contributed by atoms with E-state index in [0.29, 0.717) is 11.3 Å². The van der Waals surface area contributed by atoms with Crippen LogP contribution in [-0.2, 0) is 15.6 Å². The molecule has 0 fully saturated rings. The monoisotopic (exact) mass is 331 g/mol. The fourth-order valence-corrected chi connectivity index (χ4v) is 2.39. The average molecular weight is 332 g/mol. The van der Waals surface area contributed by atoms with E-state index in [4.69, 9.17) is 15.4 Å². The molecule has 10 heteroatoms. The van der Waals surface area contributed by atoms with Gasteiger partial charge in [0.15, 0.2) is 0 Å². The maximum atomic E-state index is 11.2. The Bertz CT molecular complexity index is 787. The molecule has 0 aliphatic carbocycles. The first-order valence-corrected chi connectivity index (χ1v) is 7.90. The number of aromatic nitrogens is 2. The molecule has 0 saturated carbocycles. The third-order valence-electron chi connectivity index (χ3n) is 2.70. The SMILES string of the molecule is COc1ccc([N+](=O)[O-])cc1Cn1cc(S(=O)(=O)Cl)cn1. The Kier molecular flexibility index (Phi) is 4.14. The Hall–Kier alpha value is -2.13. The van der Waals surface area contributed by atoms with Gasteiger partial charge in [0, 0.05) is 34.6 Å². The summed E-state index contributed by atoms with van der Waals surface area (Å²) in [5, 5.41) is 14.6. The van der Waals surface area contributed by atoms with Crippen LogP contribution in [0.25, 0.3) is 0 Å². The number of nitro groups is 1. The van der Waals surface area contributed by atoms with E-state index in [0.717, 1.165) is 6.20 Å². The summed E-state index contributed by atoms with van der Waals surface area (Å²) in [5.74, 6) is 0.436. The van der Waals surface area contributed by atoms with Crippen molar-refractivity contribution < 1.29 is 18.1 Å². The fraction of sp³-hybridized carbons (Fsp3) is 0.182. The number of nitrogens with zero attached hydrogens (tertiary/aromatic N) is 3. The predicted octanol–water partition coefficient (Wildman–Crippen LogP) is 1.78. The van der Waals surface area contributed by atoms with Gasteiger partial charge in [-0.25, -0.2) is 8.42 Å². The van der Waals surface area contributed by atoms with Crippen LogP contribution in [0.2, 0.25) is 0 Å². The number of ether oxygens (including phenoxy) is 1. The van der Waals surface area contributed by atoms with Crippen molar-refractivity contribution in [3.63, 3.8) is 0 Å². The zero-order valence-electron chi connectivity index (χ0n) is 10.8. The molecule has 0 aliphatic heterocycles. The van der Waals surface area contributed by atoms with Gasteiger partial charge >= 0.3 is 0 Å². The number of hydrogen-bond donors (Lipinski definition) is 0. The average Bonchev–Trinajstić information content (AvgIpc) is 2.87. The Balaban J connectivity index is 2.36. The van der Waals surface area contributed by atoms with Crippen molar-refractivity contribution in [1.82, 2.24) is 9.78 Å². The summed E-state index contributed by atoms with van der Waals surface area (Å²) in [6, 6.07) is 4.13. The molecule has 112 valence electrons. The van der Waals surface area contributed by atoms with Crippen molar-refractivity contribution in [3.8, 4) is 5.75 Å². The summed E-state index contributed by atoms with van der Waals surface area (Å²) in [6.07, 6.45) is 2.34. The zero-order chi connectivity index (χ0) is 15.6. The molecule has 0 saturated heterocycles. The van der Waals surface area contributed by atoms with Crippen molar-refractivity contribution in [2.75, 3.05) is 7.11 Å². The van der Waals surface area contributed by atoms with Crippen molar-refractivity contribution in [2.45, 2.75) is 11.4 Å². The van der Waals surface area contributed by atoms with E-state index in [9.17, 15) is 18.5 Å². The van der Waals surface area contributed by atoms with E-state index in [2.05, 4.69) is 5.10 Å².